The molecular formula is C15H21N3O3. The fourth-order valence-electron chi connectivity index (χ4n) is 2.70. The maximum Gasteiger partial charge on any atom is 0.269 e. The third-order valence-electron chi connectivity index (χ3n) is 4.08. The van der Waals surface area contributed by atoms with Crippen LogP contribution in [0.2, 0.25) is 0 Å². The first kappa shape index (κ1) is 15.4. The first-order valence-corrected chi connectivity index (χ1v) is 7.27. The molecule has 1 unspecified atom stereocenters. The van der Waals surface area contributed by atoms with Crippen molar-refractivity contribution >= 4 is 11.6 Å². The zero-order valence-electron chi connectivity index (χ0n) is 12.1. The molecule has 1 amide bonds. The van der Waals surface area contributed by atoms with Gasteiger partial charge in [0.2, 0.25) is 5.91 Å². The molecule has 1 aromatic carbocycles. The molecule has 21 heavy (non-hydrogen) atoms. The maximum atomic E-state index is 12.2. The summed E-state index contributed by atoms with van der Waals surface area (Å²) in [5.41, 5.74) is 6.62. The largest absolute Gasteiger partial charge is 0.349 e. The Labute approximate surface area is 123 Å². The van der Waals surface area contributed by atoms with E-state index in [1.54, 1.807) is 12.1 Å². The monoisotopic (exact) mass is 291 g/mol. The number of carbonyl (C=O) groups is 1. The van der Waals surface area contributed by atoms with E-state index in [1.807, 2.05) is 6.92 Å². The standard InChI is InChI=1S/C15H21N3O3/c1-10(12-3-2-4-14(9-12)18(20)21)17-15(19)11-5-7-13(16)8-6-11/h2-4,9-11,13H,5-8,16H2,1H3,(H,17,19). The van der Waals surface area contributed by atoms with Gasteiger partial charge >= 0.3 is 0 Å². The lowest BCUT2D eigenvalue weighted by Gasteiger charge is -2.26. The first-order valence-electron chi connectivity index (χ1n) is 7.27. The number of rotatable bonds is 4. The third-order valence-corrected chi connectivity index (χ3v) is 4.08. The molecule has 1 atom stereocenters. The highest BCUT2D eigenvalue weighted by Crippen LogP contribution is 2.25. The topological polar surface area (TPSA) is 98.3 Å². The SMILES string of the molecule is CC(NC(=O)C1CCC(N)CC1)c1cccc([N+](=O)[O-])c1. The Kier molecular flexibility index (Phi) is 4.90. The van der Waals surface area contributed by atoms with E-state index in [0.29, 0.717) is 0 Å². The van der Waals surface area contributed by atoms with Crippen molar-refractivity contribution in [2.75, 3.05) is 0 Å². The fourth-order valence-corrected chi connectivity index (χ4v) is 2.70. The van der Waals surface area contributed by atoms with Gasteiger partial charge in [0, 0.05) is 24.1 Å². The van der Waals surface area contributed by atoms with Crippen LogP contribution in [0.15, 0.2) is 24.3 Å². The molecule has 1 aliphatic rings. The van der Waals surface area contributed by atoms with Gasteiger partial charge < -0.3 is 11.1 Å². The number of non-ortho nitro benzene ring substituents is 1. The molecule has 1 saturated carbocycles. The second kappa shape index (κ2) is 6.67. The summed E-state index contributed by atoms with van der Waals surface area (Å²) in [6.45, 7) is 1.84. The highest BCUT2D eigenvalue weighted by molar-refractivity contribution is 5.79. The van der Waals surface area contributed by atoms with Crippen LogP contribution in [0.25, 0.3) is 0 Å². The Morgan fingerprint density at radius 1 is 1.38 bits per heavy atom. The van der Waals surface area contributed by atoms with Crippen molar-refractivity contribution in [3.8, 4) is 0 Å². The first-order chi connectivity index (χ1) is 9.97. The average molecular weight is 291 g/mol. The summed E-state index contributed by atoms with van der Waals surface area (Å²) < 4.78 is 0. The minimum absolute atomic E-state index is 0.00551. The molecule has 0 heterocycles. The lowest BCUT2D eigenvalue weighted by molar-refractivity contribution is -0.384. The molecular weight excluding hydrogens is 270 g/mol. The Morgan fingerprint density at radius 2 is 2.05 bits per heavy atom. The zero-order chi connectivity index (χ0) is 15.4. The molecule has 0 bridgehead atoms. The van der Waals surface area contributed by atoms with Crippen molar-refractivity contribution in [1.82, 2.24) is 5.32 Å². The smallest absolute Gasteiger partial charge is 0.269 e. The second-order valence-corrected chi connectivity index (χ2v) is 5.69. The van der Waals surface area contributed by atoms with Gasteiger partial charge in [-0.15, -0.1) is 0 Å². The number of nitrogens with one attached hydrogen (secondary N) is 1. The van der Waals surface area contributed by atoms with Gasteiger partial charge in [-0.05, 0) is 38.2 Å². The van der Waals surface area contributed by atoms with Crippen LogP contribution in [0.1, 0.15) is 44.2 Å². The number of nitrogens with two attached hydrogens (primary N) is 1. The molecule has 114 valence electrons. The Hall–Kier alpha value is -1.95. The molecule has 0 radical (unpaired) electrons. The van der Waals surface area contributed by atoms with E-state index in [-0.39, 0.29) is 29.6 Å². The van der Waals surface area contributed by atoms with E-state index in [2.05, 4.69) is 5.32 Å². The van der Waals surface area contributed by atoms with Gasteiger partial charge in [-0.1, -0.05) is 12.1 Å². The van der Waals surface area contributed by atoms with E-state index < -0.39 is 4.92 Å². The average Bonchev–Trinajstić information content (AvgIpc) is 2.48. The summed E-state index contributed by atoms with van der Waals surface area (Å²) in [5, 5.41) is 13.7. The minimum Gasteiger partial charge on any atom is -0.349 e. The summed E-state index contributed by atoms with van der Waals surface area (Å²) >= 11 is 0. The van der Waals surface area contributed by atoms with E-state index in [0.717, 1.165) is 31.2 Å². The molecule has 0 saturated heterocycles. The second-order valence-electron chi connectivity index (χ2n) is 5.69. The molecule has 6 heteroatoms. The maximum absolute atomic E-state index is 12.2. The number of hydrogen-bond acceptors (Lipinski definition) is 4. The van der Waals surface area contributed by atoms with Crippen LogP contribution in [-0.2, 0) is 4.79 Å². The molecule has 1 fully saturated rings. The quantitative estimate of drug-likeness (QED) is 0.656. The zero-order valence-corrected chi connectivity index (χ0v) is 12.1. The summed E-state index contributed by atoms with van der Waals surface area (Å²) in [4.78, 5) is 22.6. The number of carbonyl (C=O) groups excluding carboxylic acids is 1. The molecule has 0 aromatic heterocycles. The fraction of sp³-hybridized carbons (Fsp3) is 0.533. The summed E-state index contributed by atoms with van der Waals surface area (Å²) in [7, 11) is 0. The van der Waals surface area contributed by atoms with Crippen LogP contribution in [0.5, 0.6) is 0 Å². The van der Waals surface area contributed by atoms with E-state index >= 15 is 0 Å². The molecule has 6 nitrogen and oxygen atoms in total. The molecule has 0 aliphatic heterocycles. The molecule has 0 spiro atoms. The molecule has 2 rings (SSSR count). The Balaban J connectivity index is 1.97. The number of nitrogens with zero attached hydrogens (tertiary/aromatic N) is 1. The Morgan fingerprint density at radius 3 is 2.67 bits per heavy atom. The third kappa shape index (κ3) is 4.01. The van der Waals surface area contributed by atoms with E-state index in [4.69, 9.17) is 5.73 Å². The van der Waals surface area contributed by atoms with Crippen LogP contribution in [0, 0.1) is 16.0 Å². The van der Waals surface area contributed by atoms with Crippen molar-refractivity contribution in [3.05, 3.63) is 39.9 Å². The van der Waals surface area contributed by atoms with Crippen molar-refractivity contribution in [1.29, 1.82) is 0 Å². The lowest BCUT2D eigenvalue weighted by atomic mass is 9.85. The number of nitro benzene ring substituents is 1. The number of hydrogen-bond donors (Lipinski definition) is 2. The normalized spacial score (nSPS) is 23.3. The van der Waals surface area contributed by atoms with Crippen molar-refractivity contribution in [3.63, 3.8) is 0 Å². The molecule has 3 N–H and O–H groups in total. The van der Waals surface area contributed by atoms with Crippen molar-refractivity contribution in [2.24, 2.45) is 11.7 Å². The van der Waals surface area contributed by atoms with Gasteiger partial charge in [0.1, 0.15) is 0 Å². The van der Waals surface area contributed by atoms with Gasteiger partial charge in [0.15, 0.2) is 0 Å². The summed E-state index contributed by atoms with van der Waals surface area (Å²) in [5.74, 6) is 0.0202. The summed E-state index contributed by atoms with van der Waals surface area (Å²) in [6.07, 6.45) is 3.38. The van der Waals surface area contributed by atoms with Gasteiger partial charge in [-0.25, -0.2) is 0 Å². The van der Waals surface area contributed by atoms with Gasteiger partial charge in [0.05, 0.1) is 11.0 Å². The Bertz CT molecular complexity index is 525. The summed E-state index contributed by atoms with van der Waals surface area (Å²) in [6, 6.07) is 6.34. The van der Waals surface area contributed by atoms with Crippen LogP contribution >= 0.6 is 0 Å². The van der Waals surface area contributed by atoms with Crippen molar-refractivity contribution in [2.45, 2.75) is 44.7 Å². The van der Waals surface area contributed by atoms with Gasteiger partial charge in [-0.3, -0.25) is 14.9 Å². The number of nitro groups is 1. The molecule has 1 aliphatic carbocycles. The predicted molar refractivity (Wildman–Crippen MR) is 79.6 cm³/mol. The van der Waals surface area contributed by atoms with Crippen LogP contribution in [-0.4, -0.2) is 16.9 Å². The number of amides is 1. The van der Waals surface area contributed by atoms with E-state index in [1.165, 1.54) is 12.1 Å². The minimum atomic E-state index is -0.430. The predicted octanol–water partition coefficient (Wildman–Crippen LogP) is 2.29. The highest BCUT2D eigenvalue weighted by Gasteiger charge is 2.25. The van der Waals surface area contributed by atoms with Crippen LogP contribution < -0.4 is 11.1 Å². The number of benzene rings is 1. The lowest BCUT2D eigenvalue weighted by Crippen LogP contribution is -2.37. The highest BCUT2D eigenvalue weighted by atomic mass is 16.6. The van der Waals surface area contributed by atoms with Crippen molar-refractivity contribution < 1.29 is 9.72 Å². The van der Waals surface area contributed by atoms with E-state index in [9.17, 15) is 14.9 Å². The van der Waals surface area contributed by atoms with Gasteiger partial charge in [0.25, 0.3) is 5.69 Å². The van der Waals surface area contributed by atoms with Gasteiger partial charge in [-0.2, -0.15) is 0 Å². The van der Waals surface area contributed by atoms with Crippen LogP contribution in [0.3, 0.4) is 0 Å². The molecule has 1 aromatic rings. The van der Waals surface area contributed by atoms with Crippen LogP contribution in [0.4, 0.5) is 5.69 Å².